The third-order valence-corrected chi connectivity index (χ3v) is 4.21. The maximum atomic E-state index is 12.1. The molecule has 0 aliphatic heterocycles. The molecule has 8 heteroatoms. The molecule has 1 aliphatic carbocycles. The molecule has 0 spiro atoms. The summed E-state index contributed by atoms with van der Waals surface area (Å²) in [5.74, 6) is -0.282. The van der Waals surface area contributed by atoms with Gasteiger partial charge in [-0.25, -0.2) is 0 Å². The van der Waals surface area contributed by atoms with Crippen LogP contribution in [0.5, 0.6) is 5.75 Å². The molecular weight excluding hydrogens is 349 g/mol. The molecule has 0 aromatic heterocycles. The lowest BCUT2D eigenvalue weighted by molar-refractivity contribution is -0.153. The van der Waals surface area contributed by atoms with E-state index in [-0.39, 0.29) is 36.6 Å². The smallest absolute Gasteiger partial charge is 0.422 e. The number of alkyl halides is 3. The van der Waals surface area contributed by atoms with Crippen molar-refractivity contribution in [2.75, 3.05) is 13.2 Å². The molecule has 1 saturated carbocycles. The van der Waals surface area contributed by atoms with E-state index in [9.17, 15) is 22.8 Å². The van der Waals surface area contributed by atoms with Gasteiger partial charge in [0.1, 0.15) is 5.75 Å². The zero-order valence-electron chi connectivity index (χ0n) is 14.4. The number of halogens is 3. The number of hydrogen-bond acceptors (Lipinski definition) is 3. The summed E-state index contributed by atoms with van der Waals surface area (Å²) < 4.78 is 40.8. The molecule has 0 radical (unpaired) electrons. The van der Waals surface area contributed by atoms with Crippen molar-refractivity contribution in [3.05, 3.63) is 29.8 Å². The van der Waals surface area contributed by atoms with Gasteiger partial charge in [0.05, 0.1) is 6.54 Å². The number of benzene rings is 1. The van der Waals surface area contributed by atoms with Crippen LogP contribution in [0.1, 0.15) is 37.7 Å². The molecule has 1 aliphatic rings. The molecule has 5 nitrogen and oxygen atoms in total. The zero-order chi connectivity index (χ0) is 19.0. The molecule has 0 atom stereocenters. The minimum absolute atomic E-state index is 0.000734. The fourth-order valence-corrected chi connectivity index (χ4v) is 2.81. The van der Waals surface area contributed by atoms with Gasteiger partial charge in [-0.1, -0.05) is 31.4 Å². The minimum Gasteiger partial charge on any atom is -0.484 e. The van der Waals surface area contributed by atoms with E-state index in [4.69, 9.17) is 0 Å². The summed E-state index contributed by atoms with van der Waals surface area (Å²) in [4.78, 5) is 23.8. The molecule has 0 saturated heterocycles. The summed E-state index contributed by atoms with van der Waals surface area (Å²) in [5.41, 5.74) is 0.719. The maximum Gasteiger partial charge on any atom is 0.422 e. The Morgan fingerprint density at radius 2 is 1.69 bits per heavy atom. The van der Waals surface area contributed by atoms with Crippen LogP contribution in [0.3, 0.4) is 0 Å². The van der Waals surface area contributed by atoms with Gasteiger partial charge in [0.15, 0.2) is 6.61 Å². The summed E-state index contributed by atoms with van der Waals surface area (Å²) in [7, 11) is 0. The number of ether oxygens (including phenoxy) is 1. The van der Waals surface area contributed by atoms with Crippen molar-refractivity contribution in [1.29, 1.82) is 0 Å². The normalized spacial score (nSPS) is 15.3. The molecule has 2 amide bonds. The Balaban J connectivity index is 1.67. The highest BCUT2D eigenvalue weighted by Crippen LogP contribution is 2.23. The first-order valence-corrected chi connectivity index (χ1v) is 8.66. The number of carbonyl (C=O) groups is 2. The predicted octanol–water partition coefficient (Wildman–Crippen LogP) is 2.94. The van der Waals surface area contributed by atoms with Crippen LogP contribution in [0.25, 0.3) is 0 Å². The van der Waals surface area contributed by atoms with Crippen molar-refractivity contribution < 1.29 is 27.5 Å². The van der Waals surface area contributed by atoms with E-state index in [1.807, 2.05) is 0 Å². The lowest BCUT2D eigenvalue weighted by Crippen LogP contribution is -2.39. The van der Waals surface area contributed by atoms with Crippen molar-refractivity contribution in [3.8, 4) is 5.75 Å². The highest BCUT2D eigenvalue weighted by Gasteiger charge is 2.28. The van der Waals surface area contributed by atoms with Gasteiger partial charge in [-0.05, 0) is 30.5 Å². The van der Waals surface area contributed by atoms with Crippen LogP contribution < -0.4 is 15.4 Å². The van der Waals surface area contributed by atoms with Crippen LogP contribution in [0.4, 0.5) is 13.2 Å². The van der Waals surface area contributed by atoms with Crippen molar-refractivity contribution >= 4 is 11.8 Å². The molecular formula is C18H23F3N2O3. The molecule has 2 rings (SSSR count). The van der Waals surface area contributed by atoms with E-state index >= 15 is 0 Å². The Bertz CT molecular complexity index is 597. The molecule has 1 aromatic rings. The van der Waals surface area contributed by atoms with Gasteiger partial charge in [0.2, 0.25) is 11.8 Å². The summed E-state index contributed by atoms with van der Waals surface area (Å²) in [6.07, 6.45) is 0.616. The number of rotatable bonds is 7. The Kier molecular flexibility index (Phi) is 7.29. The third kappa shape index (κ3) is 7.33. The van der Waals surface area contributed by atoms with Crippen LogP contribution >= 0.6 is 0 Å². The van der Waals surface area contributed by atoms with E-state index in [0.717, 1.165) is 37.7 Å². The van der Waals surface area contributed by atoms with Gasteiger partial charge >= 0.3 is 6.18 Å². The molecule has 0 heterocycles. The highest BCUT2D eigenvalue weighted by molar-refractivity contribution is 5.85. The van der Waals surface area contributed by atoms with Gasteiger partial charge in [0, 0.05) is 12.5 Å². The molecule has 2 N–H and O–H groups in total. The molecule has 1 fully saturated rings. The summed E-state index contributed by atoms with van der Waals surface area (Å²) in [6.45, 7) is -1.20. The van der Waals surface area contributed by atoms with Crippen LogP contribution in [0, 0.1) is 5.92 Å². The van der Waals surface area contributed by atoms with Crippen LogP contribution in [-0.2, 0) is 16.1 Å². The average molecular weight is 372 g/mol. The number of hydrogen-bond donors (Lipinski definition) is 2. The first-order chi connectivity index (χ1) is 12.3. The monoisotopic (exact) mass is 372 g/mol. The minimum atomic E-state index is -4.38. The van der Waals surface area contributed by atoms with Crippen molar-refractivity contribution in [1.82, 2.24) is 10.6 Å². The molecule has 1 aromatic carbocycles. The number of amides is 2. The van der Waals surface area contributed by atoms with Crippen LogP contribution in [0.15, 0.2) is 24.3 Å². The fraction of sp³-hybridized carbons (Fsp3) is 0.556. The van der Waals surface area contributed by atoms with Gasteiger partial charge < -0.3 is 15.4 Å². The first-order valence-electron chi connectivity index (χ1n) is 8.66. The topological polar surface area (TPSA) is 67.4 Å². The zero-order valence-corrected chi connectivity index (χ0v) is 14.4. The SMILES string of the molecule is O=C(CNC(=O)C1CCCCC1)NCc1ccc(OCC(F)(F)F)cc1. The lowest BCUT2D eigenvalue weighted by atomic mass is 9.89. The van der Waals surface area contributed by atoms with E-state index in [2.05, 4.69) is 15.4 Å². The molecule has 0 bridgehead atoms. The Morgan fingerprint density at radius 3 is 2.31 bits per heavy atom. The van der Waals surface area contributed by atoms with E-state index in [1.165, 1.54) is 12.1 Å². The fourth-order valence-electron chi connectivity index (χ4n) is 2.81. The van der Waals surface area contributed by atoms with Crippen molar-refractivity contribution in [3.63, 3.8) is 0 Å². The summed E-state index contributed by atoms with van der Waals surface area (Å²) in [6, 6.07) is 5.98. The number of carbonyl (C=O) groups excluding carboxylic acids is 2. The molecule has 144 valence electrons. The molecule has 0 unspecified atom stereocenters. The number of nitrogens with one attached hydrogen (secondary N) is 2. The second-order valence-electron chi connectivity index (χ2n) is 6.38. The van der Waals surface area contributed by atoms with E-state index in [0.29, 0.717) is 0 Å². The Hall–Kier alpha value is -2.25. The van der Waals surface area contributed by atoms with Crippen LogP contribution in [0.2, 0.25) is 0 Å². The standard InChI is InChI=1S/C18H23F3N2O3/c19-18(20,21)12-26-15-8-6-13(7-9-15)10-22-16(24)11-23-17(25)14-4-2-1-3-5-14/h6-9,14H,1-5,10-12H2,(H,22,24)(H,23,25). The second-order valence-corrected chi connectivity index (χ2v) is 6.38. The third-order valence-electron chi connectivity index (χ3n) is 4.21. The van der Waals surface area contributed by atoms with Crippen molar-refractivity contribution in [2.24, 2.45) is 5.92 Å². The van der Waals surface area contributed by atoms with Gasteiger partial charge in [-0.2, -0.15) is 13.2 Å². The van der Waals surface area contributed by atoms with Crippen LogP contribution in [-0.4, -0.2) is 31.1 Å². The Labute approximate surface area is 150 Å². The average Bonchev–Trinajstić information content (AvgIpc) is 2.63. The predicted molar refractivity (Wildman–Crippen MR) is 89.4 cm³/mol. The van der Waals surface area contributed by atoms with Gasteiger partial charge in [-0.3, -0.25) is 9.59 Å². The Morgan fingerprint density at radius 1 is 1.04 bits per heavy atom. The lowest BCUT2D eigenvalue weighted by Gasteiger charge is -2.20. The largest absolute Gasteiger partial charge is 0.484 e. The van der Waals surface area contributed by atoms with Gasteiger partial charge in [-0.15, -0.1) is 0 Å². The molecule has 26 heavy (non-hydrogen) atoms. The maximum absolute atomic E-state index is 12.1. The highest BCUT2D eigenvalue weighted by atomic mass is 19.4. The van der Waals surface area contributed by atoms with E-state index in [1.54, 1.807) is 12.1 Å². The summed E-state index contributed by atoms with van der Waals surface area (Å²) in [5, 5.41) is 5.31. The quantitative estimate of drug-likeness (QED) is 0.773. The van der Waals surface area contributed by atoms with Crippen molar-refractivity contribution in [2.45, 2.75) is 44.8 Å². The first kappa shape index (κ1) is 20.1. The van der Waals surface area contributed by atoms with Gasteiger partial charge in [0.25, 0.3) is 0 Å². The summed E-state index contributed by atoms with van der Waals surface area (Å²) >= 11 is 0. The second kappa shape index (κ2) is 9.45. The van der Waals surface area contributed by atoms with E-state index < -0.39 is 12.8 Å².